The van der Waals surface area contributed by atoms with Gasteiger partial charge in [-0.2, -0.15) is 13.1 Å². The summed E-state index contributed by atoms with van der Waals surface area (Å²) in [4.78, 5) is 52.2. The van der Waals surface area contributed by atoms with E-state index in [1.165, 1.54) is 9.37 Å². The molecule has 0 bridgehead atoms. The minimum atomic E-state index is -3.81. The third-order valence-electron chi connectivity index (χ3n) is 11.9. The number of amides is 2. The number of hydrogen-bond acceptors (Lipinski definition) is 20. The predicted octanol–water partition coefficient (Wildman–Crippen LogP) is 4.56. The summed E-state index contributed by atoms with van der Waals surface area (Å²) in [6.45, 7) is 11.6. The zero-order valence-corrected chi connectivity index (χ0v) is 47.7. The number of amidine groups is 1. The van der Waals surface area contributed by atoms with Crippen LogP contribution >= 0.6 is 0 Å². The average Bonchev–Trinajstić information content (AvgIpc) is 3.81. The molecule has 462 valence electrons. The highest BCUT2D eigenvalue weighted by Crippen LogP contribution is 2.33. The molecule has 3 N–H and O–H groups in total. The second-order valence-electron chi connectivity index (χ2n) is 18.3. The molecule has 1 aromatic heterocycles. The van der Waals surface area contributed by atoms with E-state index in [9.17, 15) is 40.4 Å². The Balaban J connectivity index is 0.755. The van der Waals surface area contributed by atoms with E-state index in [4.69, 9.17) is 57.9 Å². The van der Waals surface area contributed by atoms with Gasteiger partial charge in [-0.25, -0.2) is 27.3 Å². The van der Waals surface area contributed by atoms with Crippen LogP contribution in [0.5, 0.6) is 5.75 Å². The van der Waals surface area contributed by atoms with Gasteiger partial charge < -0.3 is 63.2 Å². The molecule has 2 amide bonds. The van der Waals surface area contributed by atoms with Crippen molar-refractivity contribution >= 4 is 45.4 Å². The molecule has 3 aromatic rings. The number of benzene rings is 2. The molecular formula is C55H76F4N6O17S. The van der Waals surface area contributed by atoms with Crippen molar-refractivity contribution in [1.29, 1.82) is 0 Å². The standard InChI is InChI=1S/C55H76F4N6O17S/c1-3-10-65(81-4-2)55(68)42-32-47-48(63-49(60)34-42)33-43(37-61-47)41-6-5-7-44(31-41)83(69,70)64-38-40(39-64)36-62-50(66)8-11-71-13-15-73-17-19-75-21-23-77-25-27-79-29-30-80-28-26-78-24-22-76-20-18-74-16-14-72-12-9-51(67)82-54-52(58)45(56)35-46(57)53(54)59/h5-7,31-33,35,37,40H,3-4,8-30,34,36,38-39H2,1-2H3,(H2,60,63)(H,62,66). The largest absolute Gasteiger partial charge is 0.420 e. The number of nitrogens with two attached hydrogens (primary N) is 1. The summed E-state index contributed by atoms with van der Waals surface area (Å²) in [6, 6.07) is 8.36. The van der Waals surface area contributed by atoms with Crippen molar-refractivity contribution in [1.82, 2.24) is 19.7 Å². The summed E-state index contributed by atoms with van der Waals surface area (Å²) in [6.07, 6.45) is 3.85. The fourth-order valence-corrected chi connectivity index (χ4v) is 9.33. The number of pyridine rings is 1. The van der Waals surface area contributed by atoms with E-state index in [0.717, 1.165) is 0 Å². The number of nitrogens with zero attached hydrogens (tertiary/aromatic N) is 4. The van der Waals surface area contributed by atoms with Crippen LogP contribution in [0.1, 0.15) is 45.2 Å². The Bertz CT molecular complexity index is 2620. The van der Waals surface area contributed by atoms with Crippen LogP contribution in [0.3, 0.4) is 0 Å². The Morgan fingerprint density at radius 2 is 1.17 bits per heavy atom. The molecule has 28 heteroatoms. The smallest absolute Gasteiger partial charge is 0.313 e. The minimum Gasteiger partial charge on any atom is -0.420 e. The maximum atomic E-state index is 13.6. The molecule has 2 aliphatic rings. The van der Waals surface area contributed by atoms with Crippen LogP contribution in [-0.4, -0.2) is 211 Å². The number of rotatable bonds is 44. The molecular weight excluding hydrogens is 1120 g/mol. The van der Waals surface area contributed by atoms with Crippen molar-refractivity contribution in [3.63, 3.8) is 0 Å². The molecule has 83 heavy (non-hydrogen) atoms. The lowest BCUT2D eigenvalue weighted by molar-refractivity contribution is -0.180. The molecule has 0 spiro atoms. The number of ether oxygens (including phenoxy) is 11. The number of hydroxylamine groups is 2. The first-order valence-electron chi connectivity index (χ1n) is 27.4. The molecule has 1 fully saturated rings. The number of nitrogens with one attached hydrogen (secondary N) is 1. The summed E-state index contributed by atoms with van der Waals surface area (Å²) in [5, 5.41) is 4.19. The second kappa shape index (κ2) is 38.4. The molecule has 2 aliphatic heterocycles. The van der Waals surface area contributed by atoms with Gasteiger partial charge in [0.25, 0.3) is 5.91 Å². The van der Waals surface area contributed by atoms with Crippen LogP contribution in [0, 0.1) is 29.2 Å². The zero-order chi connectivity index (χ0) is 59.7. The summed E-state index contributed by atoms with van der Waals surface area (Å²) in [5.41, 5.74) is 8.79. The number of esters is 1. The third-order valence-corrected chi connectivity index (χ3v) is 13.8. The molecule has 23 nitrogen and oxygen atoms in total. The Labute approximate surface area is 480 Å². The summed E-state index contributed by atoms with van der Waals surface area (Å²) in [7, 11) is -3.81. The minimum absolute atomic E-state index is 0.0112. The normalized spacial score (nSPS) is 13.7. The first kappa shape index (κ1) is 68.2. The predicted molar refractivity (Wildman–Crippen MR) is 292 cm³/mol. The number of aromatic nitrogens is 1. The highest BCUT2D eigenvalue weighted by molar-refractivity contribution is 7.89. The van der Waals surface area contributed by atoms with Crippen LogP contribution in [0.4, 0.5) is 23.2 Å². The Hall–Kier alpha value is -5.60. The highest BCUT2D eigenvalue weighted by atomic mass is 32.2. The number of hydrogen-bond donors (Lipinski definition) is 2. The van der Waals surface area contributed by atoms with Gasteiger partial charge in [0, 0.05) is 68.3 Å². The van der Waals surface area contributed by atoms with E-state index in [1.807, 2.05) is 13.8 Å². The summed E-state index contributed by atoms with van der Waals surface area (Å²) >= 11 is 0. The topological polar surface area (TPSA) is 266 Å². The number of aliphatic imine (C=N–C) groups is 1. The van der Waals surface area contributed by atoms with E-state index in [0.29, 0.717) is 153 Å². The van der Waals surface area contributed by atoms with E-state index in [1.54, 1.807) is 42.6 Å². The van der Waals surface area contributed by atoms with Crippen molar-refractivity contribution < 1.29 is 97.3 Å². The van der Waals surface area contributed by atoms with Crippen LogP contribution in [-0.2, 0) is 76.6 Å². The number of carbonyl (C=O) groups is 3. The first-order chi connectivity index (χ1) is 40.2. The number of fused-ring (bicyclic) bond motifs is 1. The van der Waals surface area contributed by atoms with Gasteiger partial charge in [0.05, 0.1) is 161 Å². The highest BCUT2D eigenvalue weighted by Gasteiger charge is 2.37. The van der Waals surface area contributed by atoms with Crippen LogP contribution in [0.2, 0.25) is 0 Å². The van der Waals surface area contributed by atoms with Gasteiger partial charge in [-0.3, -0.25) is 24.2 Å². The SMILES string of the molecule is CCCN(OCC)C(=O)C1=Cc2ncc(-c3cccc(S(=O)(=O)N4CC(CNC(=O)CCOCCOCCOCCOCCOCCOCCOCCOCCOCCOCCC(=O)Oc5c(F)c(F)cc(F)c5F)C4)c3)cc2N=C(N)C1. The molecule has 5 rings (SSSR count). The number of carbonyl (C=O) groups excluding carboxylic acids is 3. The summed E-state index contributed by atoms with van der Waals surface area (Å²) < 4.78 is 141. The molecule has 0 radical (unpaired) electrons. The lowest BCUT2D eigenvalue weighted by Crippen LogP contribution is -2.53. The van der Waals surface area contributed by atoms with E-state index in [-0.39, 0.29) is 93.5 Å². The van der Waals surface area contributed by atoms with Crippen LogP contribution < -0.4 is 15.8 Å². The zero-order valence-electron chi connectivity index (χ0n) is 46.9. The monoisotopic (exact) mass is 1200 g/mol. The Morgan fingerprint density at radius 3 is 1.66 bits per heavy atom. The fraction of sp³-hybridized carbons (Fsp3) is 0.582. The fourth-order valence-electron chi connectivity index (χ4n) is 7.70. The van der Waals surface area contributed by atoms with Gasteiger partial charge in [0.15, 0.2) is 11.6 Å². The van der Waals surface area contributed by atoms with Gasteiger partial charge in [0.2, 0.25) is 33.3 Å². The van der Waals surface area contributed by atoms with Crippen molar-refractivity contribution in [2.24, 2.45) is 16.6 Å². The second-order valence-corrected chi connectivity index (χ2v) is 20.3. The number of sulfonamides is 1. The van der Waals surface area contributed by atoms with Gasteiger partial charge in [-0.1, -0.05) is 19.1 Å². The van der Waals surface area contributed by atoms with E-state index in [2.05, 4.69) is 20.0 Å². The molecule has 1 saturated heterocycles. The van der Waals surface area contributed by atoms with Crippen molar-refractivity contribution in [2.75, 3.05) is 165 Å². The van der Waals surface area contributed by atoms with Crippen molar-refractivity contribution in [3.05, 3.63) is 77.1 Å². The Morgan fingerprint density at radius 1 is 0.675 bits per heavy atom. The third kappa shape index (κ3) is 24.5. The molecule has 0 aliphatic carbocycles. The average molecular weight is 1200 g/mol. The first-order valence-corrected chi connectivity index (χ1v) is 28.8. The van der Waals surface area contributed by atoms with E-state index >= 15 is 0 Å². The van der Waals surface area contributed by atoms with Gasteiger partial charge in [-0.05, 0) is 43.2 Å². The lowest BCUT2D eigenvalue weighted by Gasteiger charge is -2.38. The van der Waals surface area contributed by atoms with Crippen molar-refractivity contribution in [3.8, 4) is 16.9 Å². The maximum absolute atomic E-state index is 13.6. The molecule has 3 heterocycles. The number of halogens is 4. The van der Waals surface area contributed by atoms with Gasteiger partial charge in [-0.15, -0.1) is 0 Å². The lowest BCUT2D eigenvalue weighted by atomic mass is 10.0. The molecule has 2 aromatic carbocycles. The van der Waals surface area contributed by atoms with Gasteiger partial charge in [0.1, 0.15) is 5.84 Å². The molecule has 0 saturated carbocycles. The molecule has 0 atom stereocenters. The summed E-state index contributed by atoms with van der Waals surface area (Å²) in [5.74, 6) is -9.85. The van der Waals surface area contributed by atoms with Crippen molar-refractivity contribution in [2.45, 2.75) is 44.4 Å². The van der Waals surface area contributed by atoms with Gasteiger partial charge >= 0.3 is 5.97 Å². The maximum Gasteiger partial charge on any atom is 0.313 e. The van der Waals surface area contributed by atoms with Crippen LogP contribution in [0.15, 0.2) is 58.1 Å². The van der Waals surface area contributed by atoms with E-state index < -0.39 is 51.4 Å². The van der Waals surface area contributed by atoms with Crippen LogP contribution in [0.25, 0.3) is 17.2 Å². The Kier molecular flexibility index (Phi) is 31.5. The molecule has 0 unspecified atom stereocenters. The quantitative estimate of drug-likeness (QED) is 0.0196.